The van der Waals surface area contributed by atoms with Crippen LogP contribution in [0.1, 0.15) is 13.3 Å². The van der Waals surface area contributed by atoms with Crippen LogP contribution in [0.4, 0.5) is 0 Å². The van der Waals surface area contributed by atoms with Crippen LogP contribution in [0.25, 0.3) is 0 Å². The standard InChI is InChI=1S/C9H15N3O/c1-7(4-10)5-12-3-2-8(6-12)9(11)13/h7-8H,2-3,5-6H2,1H3,(H2,11,13). The highest BCUT2D eigenvalue weighted by Crippen LogP contribution is 2.16. The van der Waals surface area contributed by atoms with E-state index in [9.17, 15) is 4.79 Å². The lowest BCUT2D eigenvalue weighted by Crippen LogP contribution is -2.29. The van der Waals surface area contributed by atoms with Crippen molar-refractivity contribution in [3.8, 4) is 6.07 Å². The highest BCUT2D eigenvalue weighted by atomic mass is 16.1. The maximum absolute atomic E-state index is 10.8. The molecule has 1 fully saturated rings. The molecule has 2 unspecified atom stereocenters. The Hall–Kier alpha value is -1.08. The van der Waals surface area contributed by atoms with Gasteiger partial charge in [-0.3, -0.25) is 4.79 Å². The van der Waals surface area contributed by atoms with Crippen LogP contribution in [0.5, 0.6) is 0 Å². The van der Waals surface area contributed by atoms with Gasteiger partial charge in [-0.15, -0.1) is 0 Å². The maximum atomic E-state index is 10.8. The summed E-state index contributed by atoms with van der Waals surface area (Å²) in [6.45, 7) is 4.25. The predicted octanol–water partition coefficient (Wildman–Crippen LogP) is -0.0467. The first kappa shape index (κ1) is 10.0. The number of carbonyl (C=O) groups excluding carboxylic acids is 1. The summed E-state index contributed by atoms with van der Waals surface area (Å²) >= 11 is 0. The van der Waals surface area contributed by atoms with Gasteiger partial charge in [0.1, 0.15) is 0 Å². The fraction of sp³-hybridized carbons (Fsp3) is 0.778. The quantitative estimate of drug-likeness (QED) is 0.663. The Balaban J connectivity index is 2.34. The molecule has 1 aliphatic heterocycles. The fourth-order valence-electron chi connectivity index (χ4n) is 1.66. The second-order valence-corrected chi connectivity index (χ2v) is 3.68. The highest BCUT2D eigenvalue weighted by Gasteiger charge is 2.26. The van der Waals surface area contributed by atoms with Crippen molar-refractivity contribution in [3.63, 3.8) is 0 Å². The summed E-state index contributed by atoms with van der Waals surface area (Å²) in [6.07, 6.45) is 0.841. The zero-order chi connectivity index (χ0) is 9.84. The first-order chi connectivity index (χ1) is 6.13. The number of carbonyl (C=O) groups is 1. The van der Waals surface area contributed by atoms with Crippen molar-refractivity contribution in [2.75, 3.05) is 19.6 Å². The highest BCUT2D eigenvalue weighted by molar-refractivity contribution is 5.77. The van der Waals surface area contributed by atoms with E-state index in [4.69, 9.17) is 11.0 Å². The molecule has 2 N–H and O–H groups in total. The number of nitrogens with zero attached hydrogens (tertiary/aromatic N) is 2. The van der Waals surface area contributed by atoms with Crippen molar-refractivity contribution in [1.29, 1.82) is 5.26 Å². The Labute approximate surface area is 78.3 Å². The Morgan fingerprint density at radius 1 is 1.85 bits per heavy atom. The Morgan fingerprint density at radius 2 is 2.54 bits per heavy atom. The molecular weight excluding hydrogens is 166 g/mol. The smallest absolute Gasteiger partial charge is 0.221 e. The number of primary amides is 1. The molecule has 1 rings (SSSR count). The van der Waals surface area contributed by atoms with Crippen LogP contribution in [0, 0.1) is 23.2 Å². The monoisotopic (exact) mass is 181 g/mol. The molecule has 4 nitrogen and oxygen atoms in total. The third kappa shape index (κ3) is 2.71. The molecule has 0 bridgehead atoms. The van der Waals surface area contributed by atoms with E-state index in [0.29, 0.717) is 0 Å². The molecule has 72 valence electrons. The summed E-state index contributed by atoms with van der Waals surface area (Å²) < 4.78 is 0. The maximum Gasteiger partial charge on any atom is 0.221 e. The number of amides is 1. The molecule has 0 aromatic heterocycles. The van der Waals surface area contributed by atoms with Crippen molar-refractivity contribution >= 4 is 5.91 Å². The lowest BCUT2D eigenvalue weighted by molar-refractivity contribution is -0.121. The molecule has 1 saturated heterocycles. The number of nitrogens with two attached hydrogens (primary N) is 1. The van der Waals surface area contributed by atoms with E-state index in [1.54, 1.807) is 0 Å². The first-order valence-electron chi connectivity index (χ1n) is 4.54. The molecule has 0 aromatic rings. The predicted molar refractivity (Wildman–Crippen MR) is 48.5 cm³/mol. The van der Waals surface area contributed by atoms with Gasteiger partial charge in [0.25, 0.3) is 0 Å². The number of nitriles is 1. The second kappa shape index (κ2) is 4.24. The third-order valence-corrected chi connectivity index (χ3v) is 2.43. The molecule has 0 saturated carbocycles. The van der Waals surface area contributed by atoms with Crippen LogP contribution in [0.2, 0.25) is 0 Å². The van der Waals surface area contributed by atoms with Gasteiger partial charge in [0.15, 0.2) is 0 Å². The summed E-state index contributed by atoms with van der Waals surface area (Å²) in [4.78, 5) is 13.0. The lowest BCUT2D eigenvalue weighted by Gasteiger charge is -2.15. The largest absolute Gasteiger partial charge is 0.369 e. The first-order valence-corrected chi connectivity index (χ1v) is 4.54. The van der Waals surface area contributed by atoms with E-state index in [0.717, 1.165) is 26.1 Å². The number of hydrogen-bond acceptors (Lipinski definition) is 3. The van der Waals surface area contributed by atoms with Crippen molar-refractivity contribution < 1.29 is 4.79 Å². The fourth-order valence-corrected chi connectivity index (χ4v) is 1.66. The summed E-state index contributed by atoms with van der Waals surface area (Å²) in [5, 5.41) is 8.60. The average Bonchev–Trinajstić information content (AvgIpc) is 2.52. The van der Waals surface area contributed by atoms with Gasteiger partial charge in [-0.25, -0.2) is 0 Å². The van der Waals surface area contributed by atoms with E-state index >= 15 is 0 Å². The Morgan fingerprint density at radius 3 is 3.00 bits per heavy atom. The Bertz CT molecular complexity index is 234. The third-order valence-electron chi connectivity index (χ3n) is 2.43. The van der Waals surface area contributed by atoms with Crippen LogP contribution < -0.4 is 5.73 Å². The van der Waals surface area contributed by atoms with E-state index in [-0.39, 0.29) is 17.7 Å². The van der Waals surface area contributed by atoms with Crippen LogP contribution in [0.3, 0.4) is 0 Å². The van der Waals surface area contributed by atoms with Gasteiger partial charge in [-0.1, -0.05) is 0 Å². The van der Waals surface area contributed by atoms with Gasteiger partial charge in [-0.2, -0.15) is 5.26 Å². The summed E-state index contributed by atoms with van der Waals surface area (Å²) in [5.74, 6) is -0.190. The van der Waals surface area contributed by atoms with Gasteiger partial charge < -0.3 is 10.6 Å². The SMILES string of the molecule is CC(C#N)CN1CCC(C(N)=O)C1. The van der Waals surface area contributed by atoms with Crippen LogP contribution in [0.15, 0.2) is 0 Å². The molecule has 0 aromatic carbocycles. The molecule has 1 heterocycles. The minimum atomic E-state index is -0.216. The van der Waals surface area contributed by atoms with E-state index < -0.39 is 0 Å². The topological polar surface area (TPSA) is 70.1 Å². The minimum absolute atomic E-state index is 0.00843. The zero-order valence-corrected chi connectivity index (χ0v) is 7.86. The minimum Gasteiger partial charge on any atom is -0.369 e. The van der Waals surface area contributed by atoms with Crippen molar-refractivity contribution in [2.45, 2.75) is 13.3 Å². The molecule has 0 aliphatic carbocycles. The molecule has 13 heavy (non-hydrogen) atoms. The molecule has 2 atom stereocenters. The lowest BCUT2D eigenvalue weighted by atomic mass is 10.1. The molecule has 1 amide bonds. The van der Waals surface area contributed by atoms with Crippen molar-refractivity contribution in [3.05, 3.63) is 0 Å². The Kier molecular flexibility index (Phi) is 3.26. The molecular formula is C9H15N3O. The van der Waals surface area contributed by atoms with Crippen LogP contribution >= 0.6 is 0 Å². The van der Waals surface area contributed by atoms with Crippen LogP contribution in [-0.2, 0) is 4.79 Å². The van der Waals surface area contributed by atoms with Gasteiger partial charge in [0.2, 0.25) is 5.91 Å². The normalized spacial score (nSPS) is 25.4. The van der Waals surface area contributed by atoms with Gasteiger partial charge in [0, 0.05) is 13.1 Å². The molecule has 0 spiro atoms. The average molecular weight is 181 g/mol. The molecule has 4 heteroatoms. The van der Waals surface area contributed by atoms with Gasteiger partial charge in [0.05, 0.1) is 17.9 Å². The molecule has 1 aliphatic rings. The number of rotatable bonds is 3. The van der Waals surface area contributed by atoms with Gasteiger partial charge in [-0.05, 0) is 19.9 Å². The second-order valence-electron chi connectivity index (χ2n) is 3.68. The zero-order valence-electron chi connectivity index (χ0n) is 7.86. The van der Waals surface area contributed by atoms with E-state index in [1.807, 2.05) is 6.92 Å². The summed E-state index contributed by atoms with van der Waals surface area (Å²) in [6, 6.07) is 2.18. The van der Waals surface area contributed by atoms with E-state index in [1.165, 1.54) is 0 Å². The number of likely N-dealkylation sites (tertiary alicyclic amines) is 1. The van der Waals surface area contributed by atoms with E-state index in [2.05, 4.69) is 11.0 Å². The number of hydrogen-bond donors (Lipinski definition) is 1. The summed E-state index contributed by atoms with van der Waals surface area (Å²) in [7, 11) is 0. The van der Waals surface area contributed by atoms with Crippen molar-refractivity contribution in [1.82, 2.24) is 4.90 Å². The summed E-state index contributed by atoms with van der Waals surface area (Å²) in [5.41, 5.74) is 5.19. The van der Waals surface area contributed by atoms with Gasteiger partial charge >= 0.3 is 0 Å². The van der Waals surface area contributed by atoms with Crippen LogP contribution in [-0.4, -0.2) is 30.4 Å². The van der Waals surface area contributed by atoms with Crippen molar-refractivity contribution in [2.24, 2.45) is 17.6 Å². The molecule has 0 radical (unpaired) electrons.